The van der Waals surface area contributed by atoms with Gasteiger partial charge in [-0.15, -0.1) is 0 Å². The molecule has 0 fully saturated rings. The average molecular weight is 232 g/mol. The van der Waals surface area contributed by atoms with Gasteiger partial charge in [0.2, 0.25) is 5.91 Å². The first-order chi connectivity index (χ1) is 7.35. The van der Waals surface area contributed by atoms with Gasteiger partial charge in [-0.05, 0) is 20.9 Å². The normalized spacial score (nSPS) is 9.88. The molecule has 0 aliphatic heterocycles. The maximum absolute atomic E-state index is 11.3. The summed E-state index contributed by atoms with van der Waals surface area (Å²) in [5.74, 6) is -0.694. The van der Waals surface area contributed by atoms with Crippen LogP contribution in [0, 0.1) is 0 Å². The monoisotopic (exact) mass is 232 g/mol. The molecule has 0 saturated heterocycles. The van der Waals surface area contributed by atoms with Crippen molar-refractivity contribution < 1.29 is 14.3 Å². The van der Waals surface area contributed by atoms with Gasteiger partial charge < -0.3 is 15.4 Å². The van der Waals surface area contributed by atoms with Crippen molar-refractivity contribution in [2.75, 3.05) is 20.7 Å². The second kappa shape index (κ2) is 9.15. The van der Waals surface area contributed by atoms with Crippen LogP contribution in [0.2, 0.25) is 0 Å². The van der Waals surface area contributed by atoms with Crippen LogP contribution in [-0.4, -0.2) is 38.1 Å². The number of methoxy groups -OCH3 is 1. The standard InChI is InChI=1S/C8H16N2O3.C3H8/c1-8(2,9-3)7(12)10-5-6(11)13-4;1-3-2/h9H,5H2,1-4H3,(H,10,12);3H2,1-2H3. The fraction of sp³-hybridized carbons (Fsp3) is 0.818. The molecule has 0 bridgehead atoms. The van der Waals surface area contributed by atoms with Crippen molar-refractivity contribution in [1.82, 2.24) is 10.6 Å². The van der Waals surface area contributed by atoms with E-state index in [0.717, 1.165) is 0 Å². The summed E-state index contributed by atoms with van der Waals surface area (Å²) in [5, 5.41) is 5.27. The first kappa shape index (κ1) is 17.3. The third-order valence-corrected chi connectivity index (χ3v) is 1.81. The number of nitrogens with one attached hydrogen (secondary N) is 2. The number of carbonyl (C=O) groups excluding carboxylic acids is 2. The Bertz CT molecular complexity index is 215. The van der Waals surface area contributed by atoms with Gasteiger partial charge in [-0.3, -0.25) is 9.59 Å². The van der Waals surface area contributed by atoms with Gasteiger partial charge in [0, 0.05) is 0 Å². The van der Waals surface area contributed by atoms with Crippen LogP contribution in [0.3, 0.4) is 0 Å². The summed E-state index contributed by atoms with van der Waals surface area (Å²) in [4.78, 5) is 22.0. The van der Waals surface area contributed by atoms with Gasteiger partial charge in [-0.25, -0.2) is 0 Å². The minimum absolute atomic E-state index is 0.0968. The van der Waals surface area contributed by atoms with Crippen molar-refractivity contribution in [3.63, 3.8) is 0 Å². The third-order valence-electron chi connectivity index (χ3n) is 1.81. The van der Waals surface area contributed by atoms with Gasteiger partial charge in [-0.1, -0.05) is 20.3 Å². The average Bonchev–Trinajstić information content (AvgIpc) is 2.26. The van der Waals surface area contributed by atoms with Crippen LogP contribution in [0.1, 0.15) is 34.1 Å². The topological polar surface area (TPSA) is 67.4 Å². The molecule has 16 heavy (non-hydrogen) atoms. The molecule has 0 aliphatic rings. The highest BCUT2D eigenvalue weighted by Gasteiger charge is 2.25. The van der Waals surface area contributed by atoms with E-state index in [1.165, 1.54) is 13.5 Å². The van der Waals surface area contributed by atoms with Crippen LogP contribution in [0.25, 0.3) is 0 Å². The number of esters is 1. The van der Waals surface area contributed by atoms with Gasteiger partial charge in [0.25, 0.3) is 0 Å². The molecule has 0 aromatic heterocycles. The van der Waals surface area contributed by atoms with Gasteiger partial charge >= 0.3 is 5.97 Å². The van der Waals surface area contributed by atoms with Crippen molar-refractivity contribution in [3.05, 3.63) is 0 Å². The van der Waals surface area contributed by atoms with Crippen molar-refractivity contribution >= 4 is 11.9 Å². The highest BCUT2D eigenvalue weighted by molar-refractivity contribution is 5.88. The zero-order valence-electron chi connectivity index (χ0n) is 11.1. The smallest absolute Gasteiger partial charge is 0.325 e. The molecule has 1 amide bonds. The van der Waals surface area contributed by atoms with Crippen molar-refractivity contribution in [3.8, 4) is 0 Å². The van der Waals surface area contributed by atoms with E-state index >= 15 is 0 Å². The Kier molecular flexibility index (Phi) is 9.89. The summed E-state index contributed by atoms with van der Waals surface area (Å²) in [5.41, 5.74) is -0.673. The predicted molar refractivity (Wildman–Crippen MR) is 64.1 cm³/mol. The van der Waals surface area contributed by atoms with Gasteiger partial charge in [0.1, 0.15) is 6.54 Å². The first-order valence-corrected chi connectivity index (χ1v) is 5.39. The van der Waals surface area contributed by atoms with E-state index in [1.807, 2.05) is 0 Å². The molecule has 0 spiro atoms. The van der Waals surface area contributed by atoms with Crippen LogP contribution in [0.4, 0.5) is 0 Å². The zero-order chi connectivity index (χ0) is 13.2. The number of amides is 1. The van der Waals surface area contributed by atoms with E-state index in [1.54, 1.807) is 20.9 Å². The maximum atomic E-state index is 11.3. The molecule has 0 atom stereocenters. The van der Waals surface area contributed by atoms with Crippen molar-refractivity contribution in [2.45, 2.75) is 39.7 Å². The molecule has 5 nitrogen and oxygen atoms in total. The fourth-order valence-corrected chi connectivity index (χ4v) is 0.559. The molecular weight excluding hydrogens is 208 g/mol. The van der Waals surface area contributed by atoms with Gasteiger partial charge in [0.05, 0.1) is 12.6 Å². The molecule has 0 radical (unpaired) electrons. The van der Waals surface area contributed by atoms with Crippen LogP contribution in [0.15, 0.2) is 0 Å². The first-order valence-electron chi connectivity index (χ1n) is 5.39. The Labute approximate surface area is 97.9 Å². The molecular formula is C11H24N2O3. The number of likely N-dealkylation sites (N-methyl/N-ethyl adjacent to an activating group) is 1. The van der Waals surface area contributed by atoms with E-state index in [0.29, 0.717) is 0 Å². The lowest BCUT2D eigenvalue weighted by atomic mass is 10.1. The largest absolute Gasteiger partial charge is 0.468 e. The van der Waals surface area contributed by atoms with E-state index < -0.39 is 11.5 Å². The van der Waals surface area contributed by atoms with Crippen LogP contribution >= 0.6 is 0 Å². The molecule has 0 aromatic carbocycles. The maximum Gasteiger partial charge on any atom is 0.325 e. The Morgan fingerprint density at radius 3 is 2.00 bits per heavy atom. The summed E-state index contributed by atoms with van der Waals surface area (Å²) < 4.78 is 4.37. The van der Waals surface area contributed by atoms with Gasteiger partial charge in [0.15, 0.2) is 0 Å². The Morgan fingerprint density at radius 2 is 1.69 bits per heavy atom. The second-order valence-electron chi connectivity index (χ2n) is 3.84. The highest BCUT2D eigenvalue weighted by atomic mass is 16.5. The number of hydrogen-bond acceptors (Lipinski definition) is 4. The summed E-state index contributed by atoms with van der Waals surface area (Å²) >= 11 is 0. The summed E-state index contributed by atoms with van der Waals surface area (Å²) in [6.07, 6.45) is 1.25. The molecule has 0 rings (SSSR count). The minimum Gasteiger partial charge on any atom is -0.468 e. The number of hydrogen-bond donors (Lipinski definition) is 2. The quantitative estimate of drug-likeness (QED) is 0.700. The SMILES string of the molecule is CCC.CNC(C)(C)C(=O)NCC(=O)OC. The van der Waals surface area contributed by atoms with Crippen LogP contribution in [0.5, 0.6) is 0 Å². The second-order valence-corrected chi connectivity index (χ2v) is 3.84. The predicted octanol–water partition coefficient (Wildman–Crippen LogP) is 0.690. The number of carbonyl (C=O) groups is 2. The van der Waals surface area contributed by atoms with Crippen molar-refractivity contribution in [2.24, 2.45) is 0 Å². The van der Waals surface area contributed by atoms with E-state index in [2.05, 4.69) is 29.2 Å². The lowest BCUT2D eigenvalue weighted by molar-refractivity contribution is -0.141. The number of rotatable bonds is 4. The molecule has 5 heteroatoms. The Balaban J connectivity index is 0. The van der Waals surface area contributed by atoms with Crippen molar-refractivity contribution in [1.29, 1.82) is 0 Å². The molecule has 2 N–H and O–H groups in total. The van der Waals surface area contributed by atoms with Crippen LogP contribution < -0.4 is 10.6 Å². The van der Waals surface area contributed by atoms with Gasteiger partial charge in [-0.2, -0.15) is 0 Å². The number of ether oxygens (including phenoxy) is 1. The zero-order valence-corrected chi connectivity index (χ0v) is 11.1. The molecule has 0 unspecified atom stereocenters. The molecule has 96 valence electrons. The van der Waals surface area contributed by atoms with E-state index in [4.69, 9.17) is 0 Å². The fourth-order valence-electron chi connectivity index (χ4n) is 0.559. The van der Waals surface area contributed by atoms with Crippen LogP contribution in [-0.2, 0) is 14.3 Å². The third kappa shape index (κ3) is 8.23. The lowest BCUT2D eigenvalue weighted by Crippen LogP contribution is -2.52. The minimum atomic E-state index is -0.673. The summed E-state index contributed by atoms with van der Waals surface area (Å²) in [6, 6.07) is 0. The molecule has 0 heterocycles. The Morgan fingerprint density at radius 1 is 1.25 bits per heavy atom. The Hall–Kier alpha value is -1.10. The molecule has 0 aliphatic carbocycles. The van der Waals surface area contributed by atoms with E-state index in [-0.39, 0.29) is 12.5 Å². The molecule has 0 saturated carbocycles. The van der Waals surface area contributed by atoms with E-state index in [9.17, 15) is 9.59 Å². The summed E-state index contributed by atoms with van der Waals surface area (Å²) in [7, 11) is 2.95. The lowest BCUT2D eigenvalue weighted by Gasteiger charge is -2.22. The summed E-state index contributed by atoms with van der Waals surface area (Å²) in [6.45, 7) is 7.60. The highest BCUT2D eigenvalue weighted by Crippen LogP contribution is 1.99. The molecule has 0 aromatic rings.